The van der Waals surface area contributed by atoms with Gasteiger partial charge in [-0.2, -0.15) is 0 Å². The zero-order valence-corrected chi connectivity index (χ0v) is 15.4. The summed E-state index contributed by atoms with van der Waals surface area (Å²) in [6.45, 7) is 8.21. The number of nitrogens with one attached hydrogen (secondary N) is 1. The fourth-order valence-corrected chi connectivity index (χ4v) is 3.31. The predicted octanol–water partition coefficient (Wildman–Crippen LogP) is 3.26. The van der Waals surface area contributed by atoms with Crippen LogP contribution in [0.2, 0.25) is 0 Å². The molecule has 1 aromatic carbocycles. The second-order valence-electron chi connectivity index (χ2n) is 7.10. The van der Waals surface area contributed by atoms with E-state index in [2.05, 4.69) is 43.0 Å². The second kappa shape index (κ2) is 7.28. The molecular formula is C21H27N3O. The van der Waals surface area contributed by atoms with Crippen molar-refractivity contribution in [3.63, 3.8) is 0 Å². The third-order valence-corrected chi connectivity index (χ3v) is 5.12. The van der Waals surface area contributed by atoms with Crippen molar-refractivity contribution in [1.82, 2.24) is 15.1 Å². The maximum absolute atomic E-state index is 12.5. The van der Waals surface area contributed by atoms with Gasteiger partial charge in [0.1, 0.15) is 0 Å². The largest absolute Gasteiger partial charge is 0.351 e. The summed E-state index contributed by atoms with van der Waals surface area (Å²) in [7, 11) is 4.13. The van der Waals surface area contributed by atoms with E-state index in [0.717, 1.165) is 53.9 Å². The van der Waals surface area contributed by atoms with E-state index in [4.69, 9.17) is 0 Å². The number of allylic oxidation sites excluding steroid dienone is 3. The minimum atomic E-state index is 0.0240. The van der Waals surface area contributed by atoms with Crippen LogP contribution in [-0.2, 0) is 0 Å². The molecule has 0 unspecified atom stereocenters. The van der Waals surface area contributed by atoms with E-state index in [9.17, 15) is 4.79 Å². The Kier molecular flexibility index (Phi) is 5.09. The van der Waals surface area contributed by atoms with Crippen molar-refractivity contribution in [2.24, 2.45) is 0 Å². The molecule has 0 bridgehead atoms. The van der Waals surface area contributed by atoms with Gasteiger partial charge in [0.05, 0.1) is 0 Å². The Hall–Kier alpha value is -2.33. The molecule has 0 aromatic heterocycles. The molecule has 2 aliphatic rings. The average Bonchev–Trinajstić information content (AvgIpc) is 2.61. The van der Waals surface area contributed by atoms with E-state index in [0.29, 0.717) is 0 Å². The van der Waals surface area contributed by atoms with Crippen molar-refractivity contribution in [2.75, 3.05) is 27.2 Å². The van der Waals surface area contributed by atoms with E-state index in [1.165, 1.54) is 0 Å². The molecular weight excluding hydrogens is 310 g/mol. The fourth-order valence-electron chi connectivity index (χ4n) is 3.31. The highest BCUT2D eigenvalue weighted by molar-refractivity contribution is 5.95. The molecule has 0 saturated carbocycles. The molecule has 1 fully saturated rings. The Bertz CT molecular complexity index is 722. The number of carbonyl (C=O) groups is 1. The van der Waals surface area contributed by atoms with Gasteiger partial charge < -0.3 is 15.1 Å². The van der Waals surface area contributed by atoms with E-state index < -0.39 is 0 Å². The number of likely N-dealkylation sites (tertiary alicyclic amines) is 1. The van der Waals surface area contributed by atoms with Crippen molar-refractivity contribution in [2.45, 2.75) is 25.8 Å². The molecule has 0 radical (unpaired) electrons. The average molecular weight is 337 g/mol. The Morgan fingerprint density at radius 3 is 2.40 bits per heavy atom. The molecule has 1 aromatic rings. The molecule has 2 aliphatic heterocycles. The number of hydrogen-bond donors (Lipinski definition) is 1. The zero-order valence-electron chi connectivity index (χ0n) is 15.4. The standard InChI is InChI=1S/C21H27N3O/c1-15-13-19(14-24(4)16(15)2)17-5-7-18(8-6-17)21(25)22-20-9-11-23(3)12-10-20/h5-8,13-14,20H,2,9-12H2,1,3-4H3,(H,22,25). The Morgan fingerprint density at radius 1 is 1.16 bits per heavy atom. The van der Waals surface area contributed by atoms with Crippen molar-refractivity contribution in [1.29, 1.82) is 0 Å². The SMILES string of the molecule is C=C1C(C)=CC(c2ccc(C(=O)NC3CCN(C)CC3)cc2)=CN1C. The van der Waals surface area contributed by atoms with Gasteiger partial charge in [0.25, 0.3) is 5.91 Å². The van der Waals surface area contributed by atoms with Crippen LogP contribution in [0.3, 0.4) is 0 Å². The lowest BCUT2D eigenvalue weighted by molar-refractivity contribution is 0.0917. The lowest BCUT2D eigenvalue weighted by Gasteiger charge is -2.29. The number of likely N-dealkylation sites (N-methyl/N-ethyl adjacent to an activating group) is 1. The van der Waals surface area contributed by atoms with Gasteiger partial charge in [-0.3, -0.25) is 4.79 Å². The quantitative estimate of drug-likeness (QED) is 0.920. The van der Waals surface area contributed by atoms with Gasteiger partial charge in [-0.1, -0.05) is 18.7 Å². The van der Waals surface area contributed by atoms with Crippen LogP contribution in [-0.4, -0.2) is 48.9 Å². The van der Waals surface area contributed by atoms with Crippen LogP contribution in [0.25, 0.3) is 5.57 Å². The monoisotopic (exact) mass is 337 g/mol. The Balaban J connectivity index is 1.67. The number of rotatable bonds is 3. The molecule has 25 heavy (non-hydrogen) atoms. The minimum Gasteiger partial charge on any atom is -0.351 e. The number of piperidine rings is 1. The third-order valence-electron chi connectivity index (χ3n) is 5.12. The topological polar surface area (TPSA) is 35.6 Å². The third kappa shape index (κ3) is 4.02. The maximum Gasteiger partial charge on any atom is 0.251 e. The Morgan fingerprint density at radius 2 is 1.80 bits per heavy atom. The first-order chi connectivity index (χ1) is 11.9. The molecule has 0 atom stereocenters. The Labute approximate surface area is 150 Å². The van der Waals surface area contributed by atoms with Crippen molar-refractivity contribution < 1.29 is 4.79 Å². The lowest BCUT2D eigenvalue weighted by atomic mass is 9.98. The normalized spacial score (nSPS) is 19.5. The summed E-state index contributed by atoms with van der Waals surface area (Å²) >= 11 is 0. The van der Waals surface area contributed by atoms with Gasteiger partial charge in [-0.25, -0.2) is 0 Å². The fraction of sp³-hybridized carbons (Fsp3) is 0.381. The molecule has 0 spiro atoms. The number of hydrogen-bond acceptors (Lipinski definition) is 3. The highest BCUT2D eigenvalue weighted by Gasteiger charge is 2.19. The summed E-state index contributed by atoms with van der Waals surface area (Å²) in [5.74, 6) is 0.0240. The van der Waals surface area contributed by atoms with Crippen molar-refractivity contribution >= 4 is 11.5 Å². The first kappa shape index (κ1) is 17.5. The van der Waals surface area contributed by atoms with E-state index in [-0.39, 0.29) is 11.9 Å². The molecule has 4 nitrogen and oxygen atoms in total. The molecule has 1 N–H and O–H groups in total. The highest BCUT2D eigenvalue weighted by Crippen LogP contribution is 2.27. The van der Waals surface area contributed by atoms with Crippen LogP contribution in [0.1, 0.15) is 35.7 Å². The van der Waals surface area contributed by atoms with Gasteiger partial charge in [0, 0.05) is 30.5 Å². The maximum atomic E-state index is 12.5. The first-order valence-corrected chi connectivity index (χ1v) is 8.86. The molecule has 0 aliphatic carbocycles. The minimum absolute atomic E-state index is 0.0240. The van der Waals surface area contributed by atoms with Crippen LogP contribution in [0.5, 0.6) is 0 Å². The van der Waals surface area contributed by atoms with Gasteiger partial charge in [-0.15, -0.1) is 0 Å². The van der Waals surface area contributed by atoms with Gasteiger partial charge in [0.15, 0.2) is 0 Å². The van der Waals surface area contributed by atoms with E-state index >= 15 is 0 Å². The summed E-state index contributed by atoms with van der Waals surface area (Å²) in [5, 5.41) is 3.16. The van der Waals surface area contributed by atoms with Gasteiger partial charge >= 0.3 is 0 Å². The number of nitrogens with zero attached hydrogens (tertiary/aromatic N) is 2. The van der Waals surface area contributed by atoms with E-state index in [1.54, 1.807) is 0 Å². The lowest BCUT2D eigenvalue weighted by Crippen LogP contribution is -2.43. The smallest absolute Gasteiger partial charge is 0.251 e. The predicted molar refractivity (Wildman–Crippen MR) is 103 cm³/mol. The molecule has 1 amide bonds. The summed E-state index contributed by atoms with van der Waals surface area (Å²) in [6.07, 6.45) is 6.25. The molecule has 1 saturated heterocycles. The van der Waals surface area contributed by atoms with Crippen molar-refractivity contribution in [3.05, 3.63) is 65.5 Å². The van der Waals surface area contributed by atoms with Crippen LogP contribution < -0.4 is 5.32 Å². The summed E-state index contributed by atoms with van der Waals surface area (Å²) in [4.78, 5) is 16.8. The molecule has 4 heteroatoms. The zero-order chi connectivity index (χ0) is 18.0. The number of amides is 1. The summed E-state index contributed by atoms with van der Waals surface area (Å²) in [5.41, 5.74) is 5.13. The molecule has 132 valence electrons. The van der Waals surface area contributed by atoms with E-state index in [1.807, 2.05) is 36.2 Å². The van der Waals surface area contributed by atoms with Crippen LogP contribution in [0, 0.1) is 0 Å². The molecule has 2 heterocycles. The second-order valence-corrected chi connectivity index (χ2v) is 7.10. The van der Waals surface area contributed by atoms with Crippen LogP contribution >= 0.6 is 0 Å². The van der Waals surface area contributed by atoms with Gasteiger partial charge in [-0.05, 0) is 74.8 Å². The van der Waals surface area contributed by atoms with Gasteiger partial charge in [0.2, 0.25) is 0 Å². The summed E-state index contributed by atoms with van der Waals surface area (Å²) in [6, 6.07) is 8.14. The van der Waals surface area contributed by atoms with Crippen molar-refractivity contribution in [3.8, 4) is 0 Å². The van der Waals surface area contributed by atoms with Crippen LogP contribution in [0.15, 0.2) is 54.4 Å². The van der Waals surface area contributed by atoms with Crippen LogP contribution in [0.4, 0.5) is 0 Å². The highest BCUT2D eigenvalue weighted by atomic mass is 16.1. The summed E-state index contributed by atoms with van der Waals surface area (Å²) < 4.78 is 0. The number of benzene rings is 1. The number of carbonyl (C=O) groups excluding carboxylic acids is 1. The molecule has 3 rings (SSSR count). The first-order valence-electron chi connectivity index (χ1n) is 8.86.